The number of alkyl halides is 3. The molecule has 5 nitrogen and oxygen atoms in total. The number of nitrogens with zero attached hydrogens (tertiary/aromatic N) is 2. The number of benzene rings is 1. The van der Waals surface area contributed by atoms with E-state index in [1.807, 2.05) is 6.07 Å². The van der Waals surface area contributed by atoms with Gasteiger partial charge in [0, 0.05) is 25.0 Å². The third-order valence-electron chi connectivity index (χ3n) is 4.38. The maximum atomic E-state index is 12.5. The van der Waals surface area contributed by atoms with Crippen LogP contribution in [0.3, 0.4) is 0 Å². The number of halogens is 4. The topological polar surface area (TPSA) is 75.3 Å². The van der Waals surface area contributed by atoms with Crippen LogP contribution in [0.5, 0.6) is 0 Å². The number of rotatable bonds is 6. The molecule has 0 spiro atoms. The zero-order valence-corrected chi connectivity index (χ0v) is 17.6. The number of aryl methyl sites for hydroxylation is 2. The van der Waals surface area contributed by atoms with Crippen LogP contribution in [0.2, 0.25) is 0 Å². The minimum Gasteiger partial charge on any atom is -0.370 e. The molecule has 152 valence electrons. The van der Waals surface area contributed by atoms with Crippen molar-refractivity contribution < 1.29 is 13.2 Å². The molecule has 3 rings (SSSR count). The number of pyridine rings is 1. The predicted molar refractivity (Wildman–Crippen MR) is 116 cm³/mol. The Balaban J connectivity index is 0.00000280. The van der Waals surface area contributed by atoms with E-state index in [-0.39, 0.29) is 24.0 Å². The summed E-state index contributed by atoms with van der Waals surface area (Å²) >= 11 is 0. The van der Waals surface area contributed by atoms with Gasteiger partial charge in [-0.15, -0.1) is 24.0 Å². The van der Waals surface area contributed by atoms with Crippen molar-refractivity contribution in [3.05, 3.63) is 53.2 Å². The summed E-state index contributed by atoms with van der Waals surface area (Å²) in [6.45, 7) is 1.03. The monoisotopic (exact) mass is 505 g/mol. The first-order valence-corrected chi connectivity index (χ1v) is 8.88. The average molecular weight is 505 g/mol. The molecule has 0 atom stereocenters. The van der Waals surface area contributed by atoms with Crippen LogP contribution in [-0.4, -0.2) is 24.0 Å². The molecule has 0 saturated carbocycles. The Hall–Kier alpha value is -2.04. The molecule has 1 aromatic heterocycles. The highest BCUT2D eigenvalue weighted by Gasteiger charge is 2.30. The van der Waals surface area contributed by atoms with E-state index in [0.29, 0.717) is 31.3 Å². The molecule has 1 aliphatic carbocycles. The van der Waals surface area contributed by atoms with Crippen LogP contribution >= 0.6 is 24.0 Å². The van der Waals surface area contributed by atoms with Crippen LogP contribution in [0.15, 0.2) is 41.5 Å². The van der Waals surface area contributed by atoms with Crippen LogP contribution < -0.4 is 16.4 Å². The Morgan fingerprint density at radius 2 is 1.93 bits per heavy atom. The van der Waals surface area contributed by atoms with Crippen molar-refractivity contribution in [2.75, 3.05) is 23.7 Å². The maximum Gasteiger partial charge on any atom is 0.417 e. The Morgan fingerprint density at radius 3 is 2.64 bits per heavy atom. The molecule has 1 heterocycles. The standard InChI is InChI=1S/C19H22F3N5.HI/c20-19(21,22)15-6-8-17(26-12-15)24-9-2-10-25-18(23)27-16-7-5-13-3-1-4-14(13)11-16;/h5-8,11-12H,1-4,9-10H2,(H,24,26)(H3,23,25,27);1H. The van der Waals surface area contributed by atoms with Crippen molar-refractivity contribution in [3.8, 4) is 0 Å². The first-order chi connectivity index (χ1) is 12.9. The Kier molecular flexibility index (Phi) is 7.90. The van der Waals surface area contributed by atoms with E-state index in [4.69, 9.17) is 5.73 Å². The molecule has 0 saturated heterocycles. The largest absolute Gasteiger partial charge is 0.417 e. The van der Waals surface area contributed by atoms with Crippen LogP contribution in [0.25, 0.3) is 0 Å². The highest BCUT2D eigenvalue weighted by atomic mass is 127. The lowest BCUT2D eigenvalue weighted by atomic mass is 10.1. The van der Waals surface area contributed by atoms with Gasteiger partial charge in [0.05, 0.1) is 5.56 Å². The second kappa shape index (κ2) is 9.94. The molecule has 1 aliphatic rings. The molecule has 1 aromatic carbocycles. The van der Waals surface area contributed by atoms with Gasteiger partial charge in [0.2, 0.25) is 0 Å². The summed E-state index contributed by atoms with van der Waals surface area (Å²) in [5.41, 5.74) is 8.84. The minimum absolute atomic E-state index is 0. The fourth-order valence-corrected chi connectivity index (χ4v) is 3.00. The summed E-state index contributed by atoms with van der Waals surface area (Å²) in [4.78, 5) is 8.02. The van der Waals surface area contributed by atoms with Gasteiger partial charge in [-0.25, -0.2) is 4.98 Å². The van der Waals surface area contributed by atoms with Gasteiger partial charge in [0.15, 0.2) is 5.96 Å². The number of hydrogen-bond acceptors (Lipinski definition) is 3. The van der Waals surface area contributed by atoms with E-state index < -0.39 is 11.7 Å². The molecule has 9 heteroatoms. The van der Waals surface area contributed by atoms with Crippen LogP contribution in [0.1, 0.15) is 29.5 Å². The van der Waals surface area contributed by atoms with Gasteiger partial charge in [-0.3, -0.25) is 4.99 Å². The fourth-order valence-electron chi connectivity index (χ4n) is 3.00. The molecule has 0 unspecified atom stereocenters. The molecule has 4 N–H and O–H groups in total. The number of guanidine groups is 1. The molecule has 0 radical (unpaired) electrons. The summed E-state index contributed by atoms with van der Waals surface area (Å²) in [5.74, 6) is 0.747. The molecule has 0 amide bonds. The first kappa shape index (κ1) is 22.3. The fraction of sp³-hybridized carbons (Fsp3) is 0.368. The van der Waals surface area contributed by atoms with E-state index in [1.54, 1.807) is 0 Å². The van der Waals surface area contributed by atoms with Crippen molar-refractivity contribution in [2.24, 2.45) is 10.7 Å². The molecule has 2 aromatic rings. The maximum absolute atomic E-state index is 12.5. The van der Waals surface area contributed by atoms with E-state index in [1.165, 1.54) is 23.6 Å². The van der Waals surface area contributed by atoms with Crippen molar-refractivity contribution >= 4 is 41.4 Å². The Labute approximate surface area is 179 Å². The second-order valence-corrected chi connectivity index (χ2v) is 6.44. The van der Waals surface area contributed by atoms with E-state index >= 15 is 0 Å². The summed E-state index contributed by atoms with van der Waals surface area (Å²) < 4.78 is 37.4. The number of nitrogens with two attached hydrogens (primary N) is 1. The SMILES string of the molecule is I.NC(=NCCCNc1ccc(C(F)(F)F)cn1)Nc1ccc2c(c1)CCC2. The third-order valence-corrected chi connectivity index (χ3v) is 4.38. The molecule has 0 bridgehead atoms. The number of aliphatic imine (C=N–C) groups is 1. The molecular weight excluding hydrogens is 482 g/mol. The van der Waals surface area contributed by atoms with Gasteiger partial charge in [-0.2, -0.15) is 13.2 Å². The number of aromatic nitrogens is 1. The quantitative estimate of drug-likeness (QED) is 0.235. The van der Waals surface area contributed by atoms with E-state index in [2.05, 4.69) is 32.7 Å². The van der Waals surface area contributed by atoms with Gasteiger partial charge in [0.1, 0.15) is 5.82 Å². The van der Waals surface area contributed by atoms with Crippen LogP contribution in [0.4, 0.5) is 24.7 Å². The van der Waals surface area contributed by atoms with Gasteiger partial charge in [-0.1, -0.05) is 6.07 Å². The zero-order valence-electron chi connectivity index (χ0n) is 15.2. The smallest absolute Gasteiger partial charge is 0.370 e. The molecule has 0 fully saturated rings. The molecule has 28 heavy (non-hydrogen) atoms. The van der Waals surface area contributed by atoms with Crippen molar-refractivity contribution in [2.45, 2.75) is 31.9 Å². The average Bonchev–Trinajstić information content (AvgIpc) is 3.09. The summed E-state index contributed by atoms with van der Waals surface area (Å²) in [6, 6.07) is 8.56. The van der Waals surface area contributed by atoms with Crippen molar-refractivity contribution in [1.82, 2.24) is 4.98 Å². The predicted octanol–water partition coefficient (Wildman–Crippen LogP) is 4.44. The van der Waals surface area contributed by atoms with Gasteiger partial charge in [-0.05, 0) is 61.1 Å². The number of hydrogen-bond donors (Lipinski definition) is 3. The summed E-state index contributed by atoms with van der Waals surface area (Å²) in [5, 5.41) is 6.06. The van der Waals surface area contributed by atoms with E-state index in [0.717, 1.165) is 30.8 Å². The van der Waals surface area contributed by atoms with Gasteiger partial charge >= 0.3 is 6.18 Å². The number of fused-ring (bicyclic) bond motifs is 1. The molecule has 0 aliphatic heterocycles. The normalized spacial score (nSPS) is 13.6. The van der Waals surface area contributed by atoms with Crippen LogP contribution in [-0.2, 0) is 19.0 Å². The minimum atomic E-state index is -4.37. The summed E-state index contributed by atoms with van der Waals surface area (Å²) in [7, 11) is 0. The highest BCUT2D eigenvalue weighted by Crippen LogP contribution is 2.28. The molecular formula is C19H23F3IN5. The van der Waals surface area contributed by atoms with Crippen molar-refractivity contribution in [1.29, 1.82) is 0 Å². The Bertz CT molecular complexity index is 806. The zero-order chi connectivity index (χ0) is 19.3. The van der Waals surface area contributed by atoms with Crippen molar-refractivity contribution in [3.63, 3.8) is 0 Å². The lowest BCUT2D eigenvalue weighted by molar-refractivity contribution is -0.137. The van der Waals surface area contributed by atoms with Gasteiger partial charge in [0.25, 0.3) is 0 Å². The number of nitrogens with one attached hydrogen (secondary N) is 2. The summed E-state index contributed by atoms with van der Waals surface area (Å²) in [6.07, 6.45) is 0.562. The van der Waals surface area contributed by atoms with Crippen LogP contribution in [0, 0.1) is 0 Å². The second-order valence-electron chi connectivity index (χ2n) is 6.44. The lowest BCUT2D eigenvalue weighted by Crippen LogP contribution is -2.23. The third kappa shape index (κ3) is 6.25. The first-order valence-electron chi connectivity index (χ1n) is 8.88. The lowest BCUT2D eigenvalue weighted by Gasteiger charge is -2.09. The van der Waals surface area contributed by atoms with E-state index in [9.17, 15) is 13.2 Å². The highest BCUT2D eigenvalue weighted by molar-refractivity contribution is 14.0. The Morgan fingerprint density at radius 1 is 1.14 bits per heavy atom. The van der Waals surface area contributed by atoms with Gasteiger partial charge < -0.3 is 16.4 Å². The number of anilines is 2.